The van der Waals surface area contributed by atoms with E-state index in [1.165, 1.54) is 63.4 Å². The van der Waals surface area contributed by atoms with E-state index in [2.05, 4.69) is 0 Å². The van der Waals surface area contributed by atoms with Crippen LogP contribution in [0, 0.1) is 5.92 Å². The van der Waals surface area contributed by atoms with Crippen LogP contribution in [0.25, 0.3) is 0 Å². The summed E-state index contributed by atoms with van der Waals surface area (Å²) in [6.07, 6.45) is 13.7. The summed E-state index contributed by atoms with van der Waals surface area (Å²) in [5.41, 5.74) is 1.53. The van der Waals surface area contributed by atoms with Crippen LogP contribution in [0.5, 0.6) is 0 Å². The molecule has 0 unspecified atom stereocenters. The fourth-order valence-corrected chi connectivity index (χ4v) is 2.79. The zero-order valence-electron chi connectivity index (χ0n) is 11.0. The summed E-state index contributed by atoms with van der Waals surface area (Å²) < 4.78 is 11.0. The van der Waals surface area contributed by atoms with E-state index in [1.807, 2.05) is 6.26 Å². The minimum Gasteiger partial charge on any atom is -0.501 e. The summed E-state index contributed by atoms with van der Waals surface area (Å²) in [6, 6.07) is 0. The summed E-state index contributed by atoms with van der Waals surface area (Å²) in [5.74, 6) is 0.884. The second-order valence-corrected chi connectivity index (χ2v) is 5.41. The van der Waals surface area contributed by atoms with Crippen molar-refractivity contribution in [2.75, 3.05) is 19.8 Å². The molecule has 0 spiro atoms. The van der Waals surface area contributed by atoms with E-state index >= 15 is 0 Å². The number of hydrogen-bond donors (Lipinski definition) is 0. The number of hydrogen-bond acceptors (Lipinski definition) is 2. The van der Waals surface area contributed by atoms with Crippen molar-refractivity contribution in [2.24, 2.45) is 5.92 Å². The van der Waals surface area contributed by atoms with Gasteiger partial charge in [-0.15, -0.1) is 0 Å². The van der Waals surface area contributed by atoms with Crippen LogP contribution in [0.4, 0.5) is 0 Å². The SMILES string of the molecule is C(OCCCC1CCOCC1)=C1CCCCC1. The normalized spacial score (nSPS) is 22.5. The molecule has 2 aliphatic rings. The topological polar surface area (TPSA) is 18.5 Å². The molecule has 0 bridgehead atoms. The lowest BCUT2D eigenvalue weighted by Crippen LogP contribution is -2.15. The molecular formula is C15H26O2. The molecule has 1 aliphatic carbocycles. The molecule has 1 aliphatic heterocycles. The van der Waals surface area contributed by atoms with Gasteiger partial charge in [0, 0.05) is 13.2 Å². The maximum atomic E-state index is 5.67. The number of allylic oxidation sites excluding steroid dienone is 1. The fourth-order valence-electron chi connectivity index (χ4n) is 2.79. The van der Waals surface area contributed by atoms with E-state index in [4.69, 9.17) is 9.47 Å². The van der Waals surface area contributed by atoms with Crippen molar-refractivity contribution in [3.63, 3.8) is 0 Å². The van der Waals surface area contributed by atoms with Gasteiger partial charge in [0.25, 0.3) is 0 Å². The standard InChI is InChI=1S/C15H26O2/c1-2-5-15(6-3-1)13-17-10-4-7-14-8-11-16-12-9-14/h13-14H,1-12H2. The van der Waals surface area contributed by atoms with Crippen molar-refractivity contribution in [1.29, 1.82) is 0 Å². The molecule has 98 valence electrons. The molecule has 17 heavy (non-hydrogen) atoms. The Kier molecular flexibility index (Phi) is 5.90. The van der Waals surface area contributed by atoms with Gasteiger partial charge in [-0.1, -0.05) is 6.42 Å². The summed E-state index contributed by atoms with van der Waals surface area (Å²) in [7, 11) is 0. The molecule has 0 amide bonds. The first kappa shape index (κ1) is 12.9. The molecule has 1 heterocycles. The Hall–Kier alpha value is -0.500. The highest BCUT2D eigenvalue weighted by Gasteiger charge is 2.12. The molecule has 0 aromatic carbocycles. The summed E-state index contributed by atoms with van der Waals surface area (Å²) in [6.45, 7) is 2.84. The average Bonchev–Trinajstić information content (AvgIpc) is 2.41. The van der Waals surface area contributed by atoms with Gasteiger partial charge in [-0.25, -0.2) is 0 Å². The van der Waals surface area contributed by atoms with Crippen molar-refractivity contribution in [3.8, 4) is 0 Å². The van der Waals surface area contributed by atoms with Crippen molar-refractivity contribution in [2.45, 2.75) is 57.8 Å². The molecule has 2 rings (SSSR count). The van der Waals surface area contributed by atoms with Gasteiger partial charge in [-0.2, -0.15) is 0 Å². The van der Waals surface area contributed by atoms with E-state index < -0.39 is 0 Å². The van der Waals surface area contributed by atoms with Crippen LogP contribution >= 0.6 is 0 Å². The highest BCUT2D eigenvalue weighted by Crippen LogP contribution is 2.23. The maximum absolute atomic E-state index is 5.67. The summed E-state index contributed by atoms with van der Waals surface area (Å²) in [5, 5.41) is 0. The van der Waals surface area contributed by atoms with Crippen molar-refractivity contribution in [1.82, 2.24) is 0 Å². The van der Waals surface area contributed by atoms with Gasteiger partial charge in [0.1, 0.15) is 0 Å². The van der Waals surface area contributed by atoms with Gasteiger partial charge in [-0.3, -0.25) is 0 Å². The van der Waals surface area contributed by atoms with E-state index in [9.17, 15) is 0 Å². The monoisotopic (exact) mass is 238 g/mol. The highest BCUT2D eigenvalue weighted by molar-refractivity contribution is 5.00. The Balaban J connectivity index is 1.50. The molecule has 1 saturated carbocycles. The second-order valence-electron chi connectivity index (χ2n) is 5.41. The smallest absolute Gasteiger partial charge is 0.0873 e. The van der Waals surface area contributed by atoms with Crippen molar-refractivity contribution >= 4 is 0 Å². The van der Waals surface area contributed by atoms with Crippen molar-refractivity contribution in [3.05, 3.63) is 11.8 Å². The molecule has 0 aromatic heterocycles. The Morgan fingerprint density at radius 2 is 1.88 bits per heavy atom. The van der Waals surface area contributed by atoms with E-state index in [0.29, 0.717) is 0 Å². The van der Waals surface area contributed by atoms with Gasteiger partial charge < -0.3 is 9.47 Å². The third-order valence-corrected chi connectivity index (χ3v) is 3.96. The number of ether oxygens (including phenoxy) is 2. The quantitative estimate of drug-likeness (QED) is 0.531. The molecule has 0 radical (unpaired) electrons. The highest BCUT2D eigenvalue weighted by atomic mass is 16.5. The van der Waals surface area contributed by atoms with Crippen LogP contribution in [-0.2, 0) is 9.47 Å². The van der Waals surface area contributed by atoms with E-state index in [1.54, 1.807) is 0 Å². The van der Waals surface area contributed by atoms with E-state index in [0.717, 1.165) is 25.7 Å². The summed E-state index contributed by atoms with van der Waals surface area (Å²) in [4.78, 5) is 0. The molecule has 0 N–H and O–H groups in total. The maximum Gasteiger partial charge on any atom is 0.0873 e. The first-order chi connectivity index (χ1) is 8.45. The van der Waals surface area contributed by atoms with Crippen LogP contribution in [0.2, 0.25) is 0 Å². The summed E-state index contributed by atoms with van der Waals surface area (Å²) >= 11 is 0. The zero-order valence-corrected chi connectivity index (χ0v) is 11.0. The van der Waals surface area contributed by atoms with Gasteiger partial charge in [0.15, 0.2) is 0 Å². The largest absolute Gasteiger partial charge is 0.501 e. The zero-order chi connectivity index (χ0) is 11.8. The Morgan fingerprint density at radius 1 is 1.12 bits per heavy atom. The van der Waals surface area contributed by atoms with Gasteiger partial charge in [-0.05, 0) is 62.9 Å². The van der Waals surface area contributed by atoms with Crippen LogP contribution < -0.4 is 0 Å². The predicted octanol–water partition coefficient (Wildman–Crippen LogP) is 4.06. The third kappa shape index (κ3) is 5.12. The molecule has 2 fully saturated rings. The van der Waals surface area contributed by atoms with Gasteiger partial charge in [0.2, 0.25) is 0 Å². The lowest BCUT2D eigenvalue weighted by Gasteiger charge is -2.21. The van der Waals surface area contributed by atoms with Gasteiger partial charge >= 0.3 is 0 Å². The van der Waals surface area contributed by atoms with Crippen LogP contribution in [0.3, 0.4) is 0 Å². The second kappa shape index (κ2) is 7.75. The minimum absolute atomic E-state index is 0.884. The Bertz CT molecular complexity index is 221. The predicted molar refractivity (Wildman–Crippen MR) is 69.9 cm³/mol. The van der Waals surface area contributed by atoms with Crippen molar-refractivity contribution < 1.29 is 9.47 Å². The van der Waals surface area contributed by atoms with E-state index in [-0.39, 0.29) is 0 Å². The van der Waals surface area contributed by atoms with Crippen LogP contribution in [-0.4, -0.2) is 19.8 Å². The number of rotatable bonds is 5. The molecule has 2 heteroatoms. The molecule has 0 aromatic rings. The Labute approximate surface area is 105 Å². The first-order valence-corrected chi connectivity index (χ1v) is 7.32. The fraction of sp³-hybridized carbons (Fsp3) is 0.867. The Morgan fingerprint density at radius 3 is 2.65 bits per heavy atom. The molecular weight excluding hydrogens is 212 g/mol. The first-order valence-electron chi connectivity index (χ1n) is 7.32. The molecule has 1 saturated heterocycles. The van der Waals surface area contributed by atoms with Crippen LogP contribution in [0.1, 0.15) is 57.8 Å². The van der Waals surface area contributed by atoms with Gasteiger partial charge in [0.05, 0.1) is 12.9 Å². The molecule has 0 atom stereocenters. The third-order valence-electron chi connectivity index (χ3n) is 3.96. The average molecular weight is 238 g/mol. The lowest BCUT2D eigenvalue weighted by molar-refractivity contribution is 0.0612. The van der Waals surface area contributed by atoms with Crippen LogP contribution in [0.15, 0.2) is 11.8 Å². The lowest BCUT2D eigenvalue weighted by atomic mass is 9.95. The minimum atomic E-state index is 0.884. The molecule has 2 nitrogen and oxygen atoms in total.